The minimum atomic E-state index is 0.0749. The molecule has 0 atom stereocenters. The molecule has 4 aromatic rings. The number of nitrogens with zero attached hydrogens (tertiary/aromatic N) is 5. The van der Waals surface area contributed by atoms with Crippen molar-refractivity contribution in [1.29, 1.82) is 0 Å². The van der Waals surface area contributed by atoms with Crippen molar-refractivity contribution < 1.29 is 4.79 Å². The lowest BCUT2D eigenvalue weighted by Crippen LogP contribution is -2.30. The number of anilines is 1. The van der Waals surface area contributed by atoms with Crippen LogP contribution in [0, 0.1) is 0 Å². The lowest BCUT2D eigenvalue weighted by atomic mass is 10.1. The molecule has 1 amide bonds. The molecule has 0 N–H and O–H groups in total. The number of para-hydroxylation sites is 1. The molecule has 5 rings (SSSR count). The molecule has 0 bridgehead atoms. The van der Waals surface area contributed by atoms with Crippen molar-refractivity contribution in [3.63, 3.8) is 0 Å². The van der Waals surface area contributed by atoms with Crippen LogP contribution in [0.1, 0.15) is 5.56 Å². The minimum Gasteiger partial charge on any atom is -0.311 e. The van der Waals surface area contributed by atoms with E-state index in [1.165, 1.54) is 17.3 Å². The van der Waals surface area contributed by atoms with Crippen molar-refractivity contribution in [1.82, 2.24) is 19.8 Å². The van der Waals surface area contributed by atoms with E-state index in [9.17, 15) is 4.79 Å². The Hall–Kier alpha value is -3.19. The Balaban J connectivity index is 1.36. The Morgan fingerprint density at radius 2 is 1.79 bits per heavy atom. The smallest absolute Gasteiger partial charge is 0.237 e. The van der Waals surface area contributed by atoms with Crippen LogP contribution in [0.2, 0.25) is 0 Å². The Labute approximate surface area is 166 Å². The molecule has 6 nitrogen and oxygen atoms in total. The van der Waals surface area contributed by atoms with Gasteiger partial charge in [-0.2, -0.15) is 9.61 Å². The molecule has 0 fully saturated rings. The molecular weight excluding hydrogens is 370 g/mol. The number of hydrogen-bond donors (Lipinski definition) is 0. The number of hydrogen-bond acceptors (Lipinski definition) is 5. The second-order valence-corrected chi connectivity index (χ2v) is 7.49. The van der Waals surface area contributed by atoms with Gasteiger partial charge in [0.25, 0.3) is 0 Å². The first-order valence-electron chi connectivity index (χ1n) is 9.08. The van der Waals surface area contributed by atoms with Gasteiger partial charge in [0.1, 0.15) is 0 Å². The highest BCUT2D eigenvalue weighted by Crippen LogP contribution is 2.29. The highest BCUT2D eigenvalue weighted by atomic mass is 32.2. The fraction of sp³-hybridized carbons (Fsp3) is 0.143. The van der Waals surface area contributed by atoms with Crippen LogP contribution in [0.25, 0.3) is 16.9 Å². The van der Waals surface area contributed by atoms with E-state index >= 15 is 0 Å². The van der Waals surface area contributed by atoms with Crippen LogP contribution in [0.15, 0.2) is 71.9 Å². The van der Waals surface area contributed by atoms with Gasteiger partial charge in [0.2, 0.25) is 11.1 Å². The van der Waals surface area contributed by atoms with Crippen LogP contribution < -0.4 is 4.90 Å². The molecule has 1 aliphatic heterocycles. The van der Waals surface area contributed by atoms with Crippen LogP contribution in [0.3, 0.4) is 0 Å². The SMILES string of the molecule is O=C(CSc1nnc2ccc(-c3ccccc3)nn12)N1CCc2ccccc21. The van der Waals surface area contributed by atoms with E-state index in [0.29, 0.717) is 16.6 Å². The van der Waals surface area contributed by atoms with Crippen LogP contribution in [-0.4, -0.2) is 38.0 Å². The number of aromatic nitrogens is 4. The summed E-state index contributed by atoms with van der Waals surface area (Å²) in [6.45, 7) is 0.732. The molecule has 7 heteroatoms. The second-order valence-electron chi connectivity index (χ2n) is 6.55. The van der Waals surface area contributed by atoms with Gasteiger partial charge >= 0.3 is 0 Å². The molecule has 0 unspecified atom stereocenters. The first kappa shape index (κ1) is 16.9. The fourth-order valence-electron chi connectivity index (χ4n) is 3.42. The molecular formula is C21H17N5OS. The average molecular weight is 387 g/mol. The lowest BCUT2D eigenvalue weighted by Gasteiger charge is -2.16. The summed E-state index contributed by atoms with van der Waals surface area (Å²) < 4.78 is 1.71. The molecule has 0 radical (unpaired) electrons. The molecule has 0 aliphatic carbocycles. The highest BCUT2D eigenvalue weighted by molar-refractivity contribution is 7.99. The fourth-order valence-corrected chi connectivity index (χ4v) is 4.19. The summed E-state index contributed by atoms with van der Waals surface area (Å²) in [4.78, 5) is 14.6. The number of benzene rings is 2. The maximum absolute atomic E-state index is 12.8. The highest BCUT2D eigenvalue weighted by Gasteiger charge is 2.24. The van der Waals surface area contributed by atoms with Gasteiger partial charge in [-0.3, -0.25) is 4.79 Å². The Morgan fingerprint density at radius 1 is 0.964 bits per heavy atom. The van der Waals surface area contributed by atoms with Crippen molar-refractivity contribution in [2.75, 3.05) is 17.2 Å². The molecule has 1 aliphatic rings. The summed E-state index contributed by atoms with van der Waals surface area (Å²) in [6, 6.07) is 21.9. The molecule has 0 spiro atoms. The van der Waals surface area contributed by atoms with Gasteiger partial charge in [-0.05, 0) is 30.2 Å². The van der Waals surface area contributed by atoms with Crippen LogP contribution >= 0.6 is 11.8 Å². The molecule has 2 aromatic heterocycles. The zero-order chi connectivity index (χ0) is 18.9. The van der Waals surface area contributed by atoms with E-state index in [1.54, 1.807) is 4.52 Å². The van der Waals surface area contributed by atoms with Crippen LogP contribution in [-0.2, 0) is 11.2 Å². The average Bonchev–Trinajstić information content (AvgIpc) is 3.36. The predicted octanol–water partition coefficient (Wildman–Crippen LogP) is 3.47. The van der Waals surface area contributed by atoms with E-state index in [-0.39, 0.29) is 5.91 Å². The predicted molar refractivity (Wildman–Crippen MR) is 109 cm³/mol. The molecule has 0 saturated carbocycles. The van der Waals surface area contributed by atoms with Gasteiger partial charge in [0.05, 0.1) is 11.4 Å². The number of amides is 1. The molecule has 28 heavy (non-hydrogen) atoms. The standard InChI is InChI=1S/C21H17N5OS/c27-20(25-13-12-16-8-4-5-9-18(16)25)14-28-21-23-22-19-11-10-17(24-26(19)21)15-6-2-1-3-7-15/h1-11H,12-14H2. The van der Waals surface area contributed by atoms with Gasteiger partial charge in [0.15, 0.2) is 5.65 Å². The molecule has 3 heterocycles. The Kier molecular flexibility index (Phi) is 4.29. The van der Waals surface area contributed by atoms with Gasteiger partial charge in [0, 0.05) is 17.8 Å². The van der Waals surface area contributed by atoms with E-state index in [4.69, 9.17) is 0 Å². The number of carbonyl (C=O) groups is 1. The first-order chi connectivity index (χ1) is 13.8. The van der Waals surface area contributed by atoms with Gasteiger partial charge in [-0.15, -0.1) is 10.2 Å². The maximum atomic E-state index is 12.8. The molecule has 0 saturated heterocycles. The quantitative estimate of drug-likeness (QED) is 0.502. The molecule has 138 valence electrons. The summed E-state index contributed by atoms with van der Waals surface area (Å²) in [7, 11) is 0. The van der Waals surface area contributed by atoms with E-state index in [1.807, 2.05) is 65.6 Å². The first-order valence-corrected chi connectivity index (χ1v) is 10.1. The monoisotopic (exact) mass is 387 g/mol. The number of thioether (sulfide) groups is 1. The zero-order valence-electron chi connectivity index (χ0n) is 15.0. The van der Waals surface area contributed by atoms with Gasteiger partial charge in [-0.25, -0.2) is 0 Å². The van der Waals surface area contributed by atoms with Crippen molar-refractivity contribution in [2.24, 2.45) is 0 Å². The summed E-state index contributed by atoms with van der Waals surface area (Å²) in [5, 5.41) is 13.7. The van der Waals surface area contributed by atoms with E-state index in [2.05, 4.69) is 21.4 Å². The van der Waals surface area contributed by atoms with Crippen molar-refractivity contribution >= 4 is 29.0 Å². The summed E-state index contributed by atoms with van der Waals surface area (Å²) >= 11 is 1.37. The third-order valence-electron chi connectivity index (χ3n) is 4.82. The third kappa shape index (κ3) is 3.03. The summed E-state index contributed by atoms with van der Waals surface area (Å²) in [5.41, 5.74) is 4.78. The zero-order valence-corrected chi connectivity index (χ0v) is 15.8. The Morgan fingerprint density at radius 3 is 2.68 bits per heavy atom. The second kappa shape index (κ2) is 7.09. The third-order valence-corrected chi connectivity index (χ3v) is 5.72. The van der Waals surface area contributed by atoms with Crippen LogP contribution in [0.4, 0.5) is 5.69 Å². The van der Waals surface area contributed by atoms with Crippen molar-refractivity contribution in [3.8, 4) is 11.3 Å². The summed E-state index contributed by atoms with van der Waals surface area (Å²) in [5.74, 6) is 0.373. The minimum absolute atomic E-state index is 0.0749. The topological polar surface area (TPSA) is 63.4 Å². The van der Waals surface area contributed by atoms with Crippen molar-refractivity contribution in [2.45, 2.75) is 11.6 Å². The number of fused-ring (bicyclic) bond motifs is 2. The van der Waals surface area contributed by atoms with E-state index in [0.717, 1.165) is 29.9 Å². The van der Waals surface area contributed by atoms with Crippen molar-refractivity contribution in [3.05, 3.63) is 72.3 Å². The van der Waals surface area contributed by atoms with E-state index < -0.39 is 0 Å². The number of carbonyl (C=O) groups excluding carboxylic acids is 1. The van der Waals surface area contributed by atoms with Gasteiger partial charge in [-0.1, -0.05) is 60.3 Å². The van der Waals surface area contributed by atoms with Gasteiger partial charge < -0.3 is 4.90 Å². The largest absolute Gasteiger partial charge is 0.311 e. The van der Waals surface area contributed by atoms with Crippen LogP contribution in [0.5, 0.6) is 0 Å². The number of rotatable bonds is 4. The Bertz CT molecular complexity index is 1160. The lowest BCUT2D eigenvalue weighted by molar-refractivity contribution is -0.116. The summed E-state index contributed by atoms with van der Waals surface area (Å²) in [6.07, 6.45) is 0.905. The molecule has 2 aromatic carbocycles. The normalized spacial score (nSPS) is 13.1. The maximum Gasteiger partial charge on any atom is 0.237 e.